The maximum absolute atomic E-state index is 10.8. The summed E-state index contributed by atoms with van der Waals surface area (Å²) in [5.74, 6) is 1.05. The fourth-order valence-corrected chi connectivity index (χ4v) is 4.56. The minimum atomic E-state index is -0.731. The highest BCUT2D eigenvalue weighted by atomic mass is 35.5. The van der Waals surface area contributed by atoms with E-state index in [-0.39, 0.29) is 11.8 Å². The molecule has 0 radical (unpaired) electrons. The van der Waals surface area contributed by atoms with Crippen LogP contribution in [0.5, 0.6) is 11.5 Å². The number of piperidine rings is 1. The molecule has 0 aromatic heterocycles. The Balaban J connectivity index is 1.28. The molecule has 1 fully saturated rings. The molecule has 1 saturated heterocycles. The third-order valence-electron chi connectivity index (χ3n) is 6.28. The Kier molecular flexibility index (Phi) is 6.49. The Morgan fingerprint density at radius 1 is 1.17 bits per heavy atom. The number of rotatable bonds is 8. The monoisotopic (exact) mass is 429 g/mol. The van der Waals surface area contributed by atoms with Gasteiger partial charge in [0.25, 0.3) is 0 Å². The lowest BCUT2D eigenvalue weighted by atomic mass is 9.74. The summed E-state index contributed by atoms with van der Waals surface area (Å²) >= 11 is 5.93. The molecule has 2 aromatic carbocycles. The van der Waals surface area contributed by atoms with Gasteiger partial charge in [-0.05, 0) is 62.5 Å². The number of aliphatic carboxylic acids is 1. The molecule has 0 aliphatic carbocycles. The minimum absolute atomic E-state index is 0.0577. The predicted octanol–water partition coefficient (Wildman–Crippen LogP) is 4.55. The van der Waals surface area contributed by atoms with Gasteiger partial charge in [-0.15, -0.1) is 0 Å². The number of halogens is 1. The second-order valence-electron chi connectivity index (χ2n) is 8.29. The number of likely N-dealkylation sites (tertiary alicyclic amines) is 1. The molecule has 6 heteroatoms. The number of carboxylic acid groups (broad SMARTS) is 1. The number of aryl methyl sites for hydroxylation is 1. The zero-order valence-corrected chi connectivity index (χ0v) is 17.9. The van der Waals surface area contributed by atoms with Gasteiger partial charge in [0.2, 0.25) is 0 Å². The third-order valence-corrected chi connectivity index (χ3v) is 6.53. The second kappa shape index (κ2) is 9.27. The Hall–Kier alpha value is -2.24. The van der Waals surface area contributed by atoms with Crippen molar-refractivity contribution < 1.29 is 19.4 Å². The van der Waals surface area contributed by atoms with Crippen LogP contribution in [-0.2, 0) is 16.6 Å². The Morgan fingerprint density at radius 2 is 1.93 bits per heavy atom. The number of ether oxygens (including phenoxy) is 2. The molecule has 5 nitrogen and oxygen atoms in total. The Labute approximate surface area is 182 Å². The summed E-state index contributed by atoms with van der Waals surface area (Å²) in [6.45, 7) is 3.82. The highest BCUT2D eigenvalue weighted by Crippen LogP contribution is 2.46. The van der Waals surface area contributed by atoms with Crippen LogP contribution in [0.1, 0.15) is 36.8 Å². The van der Waals surface area contributed by atoms with Crippen LogP contribution in [0.2, 0.25) is 5.02 Å². The maximum atomic E-state index is 10.8. The molecule has 0 atom stereocenters. The quantitative estimate of drug-likeness (QED) is 0.624. The molecule has 1 N–H and O–H groups in total. The second-order valence-corrected chi connectivity index (χ2v) is 8.73. The van der Waals surface area contributed by atoms with E-state index in [4.69, 9.17) is 26.2 Å². The van der Waals surface area contributed by atoms with Crippen molar-refractivity contribution in [2.75, 3.05) is 32.8 Å². The molecule has 2 aliphatic rings. The van der Waals surface area contributed by atoms with Crippen molar-refractivity contribution in [3.05, 3.63) is 58.6 Å². The van der Waals surface area contributed by atoms with Crippen LogP contribution in [-0.4, -0.2) is 48.8 Å². The normalized spacial score (nSPS) is 17.5. The summed E-state index contributed by atoms with van der Waals surface area (Å²) in [6.07, 6.45) is 4.11. The number of hydrogen-bond acceptors (Lipinski definition) is 4. The van der Waals surface area contributed by atoms with Crippen molar-refractivity contribution in [2.24, 2.45) is 0 Å². The summed E-state index contributed by atoms with van der Waals surface area (Å²) in [4.78, 5) is 13.0. The van der Waals surface area contributed by atoms with Gasteiger partial charge < -0.3 is 19.5 Å². The molecule has 0 unspecified atom stereocenters. The number of nitrogens with zero attached hydrogens (tertiary/aromatic N) is 1. The van der Waals surface area contributed by atoms with E-state index < -0.39 is 5.97 Å². The summed E-state index contributed by atoms with van der Waals surface area (Å²) < 4.78 is 12.0. The summed E-state index contributed by atoms with van der Waals surface area (Å²) in [5.41, 5.74) is 2.59. The fourth-order valence-electron chi connectivity index (χ4n) is 4.43. The Morgan fingerprint density at radius 3 is 2.67 bits per heavy atom. The first kappa shape index (κ1) is 21.0. The largest absolute Gasteiger partial charge is 0.493 e. The van der Waals surface area contributed by atoms with E-state index in [2.05, 4.69) is 23.1 Å². The van der Waals surface area contributed by atoms with E-state index in [0.29, 0.717) is 19.8 Å². The topological polar surface area (TPSA) is 59.0 Å². The Bertz CT molecular complexity index is 875. The third kappa shape index (κ3) is 4.90. The number of carbonyl (C=O) groups is 1. The average molecular weight is 430 g/mol. The van der Waals surface area contributed by atoms with E-state index in [9.17, 15) is 4.79 Å². The standard InChI is InChI=1S/C24H28ClNO4/c25-19-5-3-18(4-6-19)2-1-15-29-20-7-8-21-22(16-20)30-17-24(21)10-13-26(14-11-24)12-9-23(27)28/h3-8,16H,1-2,9-15,17H2,(H,27,28). The number of fused-ring (bicyclic) bond motifs is 2. The van der Waals surface area contributed by atoms with Gasteiger partial charge in [0.1, 0.15) is 11.5 Å². The van der Waals surface area contributed by atoms with Crippen molar-refractivity contribution >= 4 is 17.6 Å². The zero-order chi connectivity index (χ0) is 21.0. The molecule has 0 bridgehead atoms. The van der Waals surface area contributed by atoms with Crippen molar-refractivity contribution in [1.29, 1.82) is 0 Å². The SMILES string of the molecule is O=C(O)CCN1CCC2(CC1)COc1cc(OCCCc3ccc(Cl)cc3)ccc12. The van der Waals surface area contributed by atoms with Crippen LogP contribution in [0, 0.1) is 0 Å². The van der Waals surface area contributed by atoms with Gasteiger partial charge in [0, 0.05) is 28.6 Å². The zero-order valence-electron chi connectivity index (χ0n) is 17.1. The van der Waals surface area contributed by atoms with Crippen LogP contribution in [0.4, 0.5) is 0 Å². The van der Waals surface area contributed by atoms with Crippen molar-refractivity contribution in [3.8, 4) is 11.5 Å². The molecule has 2 aromatic rings. The minimum Gasteiger partial charge on any atom is -0.493 e. The van der Waals surface area contributed by atoms with Crippen molar-refractivity contribution in [1.82, 2.24) is 4.90 Å². The molecule has 2 heterocycles. The van der Waals surface area contributed by atoms with E-state index in [1.165, 1.54) is 11.1 Å². The lowest BCUT2D eigenvalue weighted by molar-refractivity contribution is -0.137. The van der Waals surface area contributed by atoms with Crippen LogP contribution in [0.15, 0.2) is 42.5 Å². The van der Waals surface area contributed by atoms with E-state index in [1.54, 1.807) is 0 Å². The lowest BCUT2D eigenvalue weighted by Crippen LogP contribution is -2.44. The highest BCUT2D eigenvalue weighted by molar-refractivity contribution is 6.30. The van der Waals surface area contributed by atoms with Crippen LogP contribution in [0.3, 0.4) is 0 Å². The van der Waals surface area contributed by atoms with Crippen LogP contribution in [0.25, 0.3) is 0 Å². The first-order valence-electron chi connectivity index (χ1n) is 10.6. The van der Waals surface area contributed by atoms with Crippen molar-refractivity contribution in [3.63, 3.8) is 0 Å². The molecular weight excluding hydrogens is 402 g/mol. The van der Waals surface area contributed by atoms with Gasteiger partial charge in [-0.1, -0.05) is 29.8 Å². The van der Waals surface area contributed by atoms with Gasteiger partial charge in [-0.2, -0.15) is 0 Å². The first-order valence-corrected chi connectivity index (χ1v) is 11.0. The van der Waals surface area contributed by atoms with Crippen LogP contribution < -0.4 is 9.47 Å². The number of hydrogen-bond donors (Lipinski definition) is 1. The highest BCUT2D eigenvalue weighted by Gasteiger charge is 2.43. The number of benzene rings is 2. The van der Waals surface area contributed by atoms with E-state index in [1.807, 2.05) is 24.3 Å². The molecule has 30 heavy (non-hydrogen) atoms. The first-order chi connectivity index (χ1) is 14.5. The summed E-state index contributed by atoms with van der Waals surface area (Å²) in [7, 11) is 0. The summed E-state index contributed by atoms with van der Waals surface area (Å²) in [5, 5.41) is 9.65. The van der Waals surface area contributed by atoms with Gasteiger partial charge in [-0.25, -0.2) is 0 Å². The smallest absolute Gasteiger partial charge is 0.304 e. The van der Waals surface area contributed by atoms with Crippen molar-refractivity contribution in [2.45, 2.75) is 37.5 Å². The summed E-state index contributed by atoms with van der Waals surface area (Å²) in [6, 6.07) is 14.2. The lowest BCUT2D eigenvalue weighted by Gasteiger charge is -2.38. The number of carboxylic acids is 1. The van der Waals surface area contributed by atoms with Gasteiger partial charge in [-0.3, -0.25) is 4.79 Å². The molecule has 1 spiro atoms. The molecule has 0 amide bonds. The fraction of sp³-hybridized carbons (Fsp3) is 0.458. The van der Waals surface area contributed by atoms with E-state index >= 15 is 0 Å². The molecule has 4 rings (SSSR count). The van der Waals surface area contributed by atoms with Crippen LogP contribution >= 0.6 is 11.6 Å². The van der Waals surface area contributed by atoms with Gasteiger partial charge in [0.05, 0.1) is 19.6 Å². The maximum Gasteiger partial charge on any atom is 0.304 e. The molecule has 2 aliphatic heterocycles. The predicted molar refractivity (Wildman–Crippen MR) is 117 cm³/mol. The van der Waals surface area contributed by atoms with Gasteiger partial charge >= 0.3 is 5.97 Å². The molecule has 0 saturated carbocycles. The molecular formula is C24H28ClNO4. The average Bonchev–Trinajstić information content (AvgIpc) is 3.09. The van der Waals surface area contributed by atoms with Gasteiger partial charge in [0.15, 0.2) is 0 Å². The van der Waals surface area contributed by atoms with E-state index in [0.717, 1.165) is 55.3 Å². The molecule has 160 valence electrons.